The van der Waals surface area contributed by atoms with E-state index < -0.39 is 14.4 Å². The smallest absolute Gasteiger partial charge is 0.408 e. The highest BCUT2D eigenvalue weighted by Gasteiger charge is 2.43. The number of ether oxygens (including phenoxy) is 1. The third-order valence-corrected chi connectivity index (χ3v) is 8.48. The van der Waals surface area contributed by atoms with Gasteiger partial charge in [0.25, 0.3) is 0 Å². The van der Waals surface area contributed by atoms with Crippen LogP contribution in [0.3, 0.4) is 0 Å². The SMILES string of the molecule is C=C[C@@H]1OC(=O)N[C@H]1[C@H](C)O[Si](C)(C)C(C)(C)C. The van der Waals surface area contributed by atoms with Crippen molar-refractivity contribution in [3.8, 4) is 0 Å². The average molecular weight is 271 g/mol. The zero-order chi connectivity index (χ0) is 14.1. The number of cyclic esters (lactones) is 1. The van der Waals surface area contributed by atoms with E-state index >= 15 is 0 Å². The predicted octanol–water partition coefficient (Wildman–Crippen LogP) is 3.06. The van der Waals surface area contributed by atoms with Crippen molar-refractivity contribution in [2.24, 2.45) is 0 Å². The van der Waals surface area contributed by atoms with Crippen LogP contribution in [0.4, 0.5) is 4.79 Å². The average Bonchev–Trinajstić information content (AvgIpc) is 2.57. The van der Waals surface area contributed by atoms with Gasteiger partial charge in [-0.2, -0.15) is 0 Å². The minimum Gasteiger partial charge on any atom is -0.440 e. The third-order valence-electron chi connectivity index (χ3n) is 3.91. The van der Waals surface area contributed by atoms with Gasteiger partial charge in [0, 0.05) is 0 Å². The molecule has 1 rings (SSSR count). The lowest BCUT2D eigenvalue weighted by Gasteiger charge is -2.39. The highest BCUT2D eigenvalue weighted by Crippen LogP contribution is 2.38. The van der Waals surface area contributed by atoms with Gasteiger partial charge < -0.3 is 14.5 Å². The van der Waals surface area contributed by atoms with Crippen LogP contribution in [0.1, 0.15) is 27.7 Å². The number of nitrogens with one attached hydrogen (secondary N) is 1. The zero-order valence-electron chi connectivity index (χ0n) is 12.2. The fourth-order valence-corrected chi connectivity index (χ4v) is 3.17. The van der Waals surface area contributed by atoms with Crippen LogP contribution in [-0.2, 0) is 9.16 Å². The predicted molar refractivity (Wildman–Crippen MR) is 75.1 cm³/mol. The maximum atomic E-state index is 11.3. The van der Waals surface area contributed by atoms with Gasteiger partial charge in [-0.3, -0.25) is 0 Å². The molecule has 1 aliphatic heterocycles. The van der Waals surface area contributed by atoms with E-state index in [0.717, 1.165) is 0 Å². The van der Waals surface area contributed by atoms with Crippen molar-refractivity contribution in [3.05, 3.63) is 12.7 Å². The van der Waals surface area contributed by atoms with Crippen LogP contribution in [0.25, 0.3) is 0 Å². The van der Waals surface area contributed by atoms with Crippen molar-refractivity contribution < 1.29 is 14.0 Å². The van der Waals surface area contributed by atoms with E-state index in [-0.39, 0.29) is 23.3 Å². The molecule has 0 unspecified atom stereocenters. The molecule has 18 heavy (non-hydrogen) atoms. The summed E-state index contributed by atoms with van der Waals surface area (Å²) >= 11 is 0. The van der Waals surface area contributed by atoms with Crippen LogP contribution in [0.5, 0.6) is 0 Å². The molecule has 4 nitrogen and oxygen atoms in total. The van der Waals surface area contributed by atoms with Crippen molar-refractivity contribution in [2.75, 3.05) is 0 Å². The second-order valence-corrected chi connectivity index (χ2v) is 11.1. The van der Waals surface area contributed by atoms with Crippen molar-refractivity contribution in [3.63, 3.8) is 0 Å². The molecule has 0 saturated carbocycles. The number of hydrogen-bond acceptors (Lipinski definition) is 3. The summed E-state index contributed by atoms with van der Waals surface area (Å²) in [6.07, 6.45) is 0.863. The second-order valence-electron chi connectivity index (χ2n) is 6.36. The first-order valence-corrected chi connectivity index (χ1v) is 9.27. The quantitative estimate of drug-likeness (QED) is 0.631. The number of rotatable bonds is 4. The van der Waals surface area contributed by atoms with Gasteiger partial charge in [-0.1, -0.05) is 27.4 Å². The van der Waals surface area contributed by atoms with E-state index in [2.05, 4.69) is 45.8 Å². The molecule has 104 valence electrons. The van der Waals surface area contributed by atoms with E-state index in [4.69, 9.17) is 9.16 Å². The van der Waals surface area contributed by atoms with Crippen molar-refractivity contribution in [1.82, 2.24) is 5.32 Å². The Morgan fingerprint density at radius 1 is 1.50 bits per heavy atom. The monoisotopic (exact) mass is 271 g/mol. The lowest BCUT2D eigenvalue weighted by Crippen LogP contribution is -2.50. The Labute approximate surface area is 111 Å². The third kappa shape index (κ3) is 3.14. The summed E-state index contributed by atoms with van der Waals surface area (Å²) in [5.74, 6) is 0. The maximum Gasteiger partial charge on any atom is 0.408 e. The summed E-state index contributed by atoms with van der Waals surface area (Å²) in [4.78, 5) is 11.3. The normalized spacial score (nSPS) is 26.4. The zero-order valence-corrected chi connectivity index (χ0v) is 13.2. The minimum atomic E-state index is -1.84. The fraction of sp³-hybridized carbons (Fsp3) is 0.769. The highest BCUT2D eigenvalue weighted by atomic mass is 28.4. The summed E-state index contributed by atoms with van der Waals surface area (Å²) in [5.41, 5.74) is 0. The Morgan fingerprint density at radius 2 is 2.06 bits per heavy atom. The molecule has 0 aromatic heterocycles. The highest BCUT2D eigenvalue weighted by molar-refractivity contribution is 6.74. The molecule has 3 atom stereocenters. The van der Waals surface area contributed by atoms with Crippen LogP contribution in [0.2, 0.25) is 18.1 Å². The molecule has 0 radical (unpaired) electrons. The molecule has 0 bridgehead atoms. The molecule has 1 amide bonds. The number of amides is 1. The Kier molecular flexibility index (Phi) is 4.28. The largest absolute Gasteiger partial charge is 0.440 e. The maximum absolute atomic E-state index is 11.3. The molecule has 0 aliphatic carbocycles. The second kappa shape index (κ2) is 5.05. The molecule has 0 spiro atoms. The van der Waals surface area contributed by atoms with Crippen LogP contribution < -0.4 is 5.32 Å². The number of carbonyl (C=O) groups is 1. The van der Waals surface area contributed by atoms with Crippen molar-refractivity contribution >= 4 is 14.4 Å². The molecule has 1 fully saturated rings. The Hall–Kier alpha value is -0.813. The summed E-state index contributed by atoms with van der Waals surface area (Å²) in [6.45, 7) is 16.7. The van der Waals surface area contributed by atoms with Gasteiger partial charge >= 0.3 is 6.09 Å². The van der Waals surface area contributed by atoms with Gasteiger partial charge in [0.1, 0.15) is 6.10 Å². The molecule has 0 aromatic rings. The Morgan fingerprint density at radius 3 is 2.50 bits per heavy atom. The first-order chi connectivity index (χ1) is 8.08. The van der Waals surface area contributed by atoms with Gasteiger partial charge in [0.05, 0.1) is 12.1 Å². The van der Waals surface area contributed by atoms with Gasteiger partial charge in [0.2, 0.25) is 0 Å². The Balaban J connectivity index is 2.74. The fourth-order valence-electron chi connectivity index (χ4n) is 1.74. The van der Waals surface area contributed by atoms with Crippen LogP contribution in [-0.4, -0.2) is 32.7 Å². The van der Waals surface area contributed by atoms with Gasteiger partial charge in [-0.05, 0) is 31.1 Å². The van der Waals surface area contributed by atoms with Crippen LogP contribution in [0.15, 0.2) is 12.7 Å². The topological polar surface area (TPSA) is 47.6 Å². The summed E-state index contributed by atoms with van der Waals surface area (Å²) in [6, 6.07) is -0.149. The number of carbonyl (C=O) groups excluding carboxylic acids is 1. The summed E-state index contributed by atoms with van der Waals surface area (Å²) in [7, 11) is -1.84. The number of hydrogen-bond donors (Lipinski definition) is 1. The molecule has 1 saturated heterocycles. The standard InChI is InChI=1S/C13H25NO3Si/c1-8-10-11(14-12(15)16-10)9(2)17-18(6,7)13(3,4)5/h8-11H,1H2,2-7H3,(H,14,15)/t9-,10-,11-/m0/s1. The lowest BCUT2D eigenvalue weighted by atomic mass is 10.1. The van der Waals surface area contributed by atoms with Crippen molar-refractivity contribution in [1.29, 1.82) is 0 Å². The van der Waals surface area contributed by atoms with E-state index in [9.17, 15) is 4.79 Å². The molecule has 1 N–H and O–H groups in total. The molecule has 1 heterocycles. The first-order valence-electron chi connectivity index (χ1n) is 6.36. The lowest BCUT2D eigenvalue weighted by molar-refractivity contribution is 0.115. The van der Waals surface area contributed by atoms with Crippen molar-refractivity contribution in [2.45, 2.75) is 64.1 Å². The van der Waals surface area contributed by atoms with Crippen LogP contribution >= 0.6 is 0 Å². The minimum absolute atomic E-state index is 0.0830. The van der Waals surface area contributed by atoms with Gasteiger partial charge in [-0.15, -0.1) is 0 Å². The van der Waals surface area contributed by atoms with Gasteiger partial charge in [-0.25, -0.2) is 4.79 Å². The van der Waals surface area contributed by atoms with E-state index in [1.54, 1.807) is 6.08 Å². The van der Waals surface area contributed by atoms with Gasteiger partial charge in [0.15, 0.2) is 8.32 Å². The molecule has 1 aliphatic rings. The van der Waals surface area contributed by atoms with E-state index in [1.165, 1.54) is 0 Å². The molecule has 5 heteroatoms. The molecular weight excluding hydrogens is 246 g/mol. The molecular formula is C13H25NO3Si. The summed E-state index contributed by atoms with van der Waals surface area (Å²) in [5, 5.41) is 2.94. The molecule has 0 aromatic carbocycles. The van der Waals surface area contributed by atoms with E-state index in [1.807, 2.05) is 6.92 Å². The summed E-state index contributed by atoms with van der Waals surface area (Å²) < 4.78 is 11.4. The Bertz CT molecular complexity index is 336. The first kappa shape index (κ1) is 15.2. The van der Waals surface area contributed by atoms with Crippen LogP contribution in [0, 0.1) is 0 Å². The van der Waals surface area contributed by atoms with E-state index in [0.29, 0.717) is 0 Å². The number of alkyl carbamates (subject to hydrolysis) is 1.